The summed E-state index contributed by atoms with van der Waals surface area (Å²) in [7, 11) is -6.68. The Morgan fingerprint density at radius 1 is 1.00 bits per heavy atom. The molecule has 0 unspecified atom stereocenters. The summed E-state index contributed by atoms with van der Waals surface area (Å²) in [5.74, 6) is -0.199. The maximum Gasteiger partial charge on any atom is 0.257 e. The molecule has 3 aliphatic heterocycles. The van der Waals surface area contributed by atoms with Crippen LogP contribution >= 0.6 is 11.8 Å². The van der Waals surface area contributed by atoms with Gasteiger partial charge < -0.3 is 10.2 Å². The first-order chi connectivity index (χ1) is 14.7. The third-order valence-electron chi connectivity index (χ3n) is 5.25. The number of anilines is 3. The second-order valence-corrected chi connectivity index (χ2v) is 12.1. The van der Waals surface area contributed by atoms with Gasteiger partial charge in [-0.2, -0.15) is 0 Å². The van der Waals surface area contributed by atoms with E-state index in [9.17, 15) is 21.6 Å². The number of thioether (sulfide) groups is 1. The van der Waals surface area contributed by atoms with Crippen molar-refractivity contribution in [3.8, 4) is 0 Å². The van der Waals surface area contributed by atoms with Crippen LogP contribution in [0.15, 0.2) is 51.8 Å². The van der Waals surface area contributed by atoms with Crippen molar-refractivity contribution in [2.75, 3.05) is 39.1 Å². The van der Waals surface area contributed by atoms with Crippen LogP contribution in [0, 0.1) is 0 Å². The number of hydrogen-bond donors (Lipinski definition) is 1. The molecule has 2 aromatic rings. The highest BCUT2D eigenvalue weighted by Crippen LogP contribution is 2.42. The van der Waals surface area contributed by atoms with Crippen LogP contribution in [0.2, 0.25) is 0 Å². The number of benzene rings is 2. The zero-order valence-electron chi connectivity index (χ0n) is 16.2. The molecule has 1 N–H and O–H groups in total. The fraction of sp³-hybridized carbons (Fsp3) is 0.263. The first-order valence-electron chi connectivity index (χ1n) is 9.56. The molecule has 162 valence electrons. The molecular weight excluding hydrogens is 460 g/mol. The maximum absolute atomic E-state index is 12.7. The summed E-state index contributed by atoms with van der Waals surface area (Å²) in [6.07, 6.45) is 0.604. The van der Waals surface area contributed by atoms with E-state index in [1.54, 1.807) is 42.5 Å². The van der Waals surface area contributed by atoms with Crippen LogP contribution in [-0.2, 0) is 20.0 Å². The molecule has 2 aromatic carbocycles. The van der Waals surface area contributed by atoms with Gasteiger partial charge in [0.05, 0.1) is 22.9 Å². The number of sulfonamides is 2. The lowest BCUT2D eigenvalue weighted by Crippen LogP contribution is -2.35. The van der Waals surface area contributed by atoms with E-state index < -0.39 is 20.0 Å². The monoisotopic (exact) mass is 478 g/mol. The van der Waals surface area contributed by atoms with Gasteiger partial charge in [-0.3, -0.25) is 9.10 Å². The zero-order valence-corrected chi connectivity index (χ0v) is 18.6. The minimum atomic E-state index is -3.43. The number of carbonyl (C=O) groups is 1. The largest absolute Gasteiger partial charge is 0.322 e. The van der Waals surface area contributed by atoms with Crippen LogP contribution in [0.1, 0.15) is 16.8 Å². The third-order valence-corrected chi connectivity index (χ3v) is 9.42. The summed E-state index contributed by atoms with van der Waals surface area (Å²) in [5.41, 5.74) is 2.40. The molecule has 0 saturated carbocycles. The SMILES string of the molecule is O=C(Nc1ccc(N2CCCS2(=O)=O)cc1)c1ccc2c(c1)SC1=NS(=O)(=O)CCN12. The van der Waals surface area contributed by atoms with Crippen molar-refractivity contribution in [2.24, 2.45) is 4.40 Å². The molecular formula is C19H18N4O5S3. The second-order valence-electron chi connectivity index (χ2n) is 7.34. The molecule has 1 amide bonds. The number of amides is 1. The minimum Gasteiger partial charge on any atom is -0.322 e. The van der Waals surface area contributed by atoms with Crippen molar-refractivity contribution >= 4 is 59.9 Å². The van der Waals surface area contributed by atoms with Crippen molar-refractivity contribution in [2.45, 2.75) is 11.3 Å². The molecule has 3 aliphatic rings. The van der Waals surface area contributed by atoms with E-state index >= 15 is 0 Å². The van der Waals surface area contributed by atoms with Gasteiger partial charge in [-0.15, -0.1) is 4.40 Å². The molecule has 0 aromatic heterocycles. The summed E-state index contributed by atoms with van der Waals surface area (Å²) < 4.78 is 52.8. The van der Waals surface area contributed by atoms with Crippen LogP contribution in [0.3, 0.4) is 0 Å². The van der Waals surface area contributed by atoms with Gasteiger partial charge in [-0.1, -0.05) is 0 Å². The normalized spacial score (nSPS) is 20.7. The maximum atomic E-state index is 12.7. The number of amidine groups is 1. The predicted octanol–water partition coefficient (Wildman–Crippen LogP) is 2.09. The van der Waals surface area contributed by atoms with Crippen molar-refractivity contribution in [3.63, 3.8) is 0 Å². The highest BCUT2D eigenvalue weighted by molar-refractivity contribution is 8.15. The second kappa shape index (κ2) is 7.24. The molecule has 1 saturated heterocycles. The number of nitrogens with one attached hydrogen (secondary N) is 1. The molecule has 0 atom stereocenters. The molecule has 0 radical (unpaired) electrons. The fourth-order valence-corrected chi connectivity index (χ4v) is 7.58. The average Bonchev–Trinajstić information content (AvgIpc) is 3.25. The first kappa shape index (κ1) is 20.3. The first-order valence-corrected chi connectivity index (χ1v) is 13.6. The Balaban J connectivity index is 1.32. The topological polar surface area (TPSA) is 116 Å². The van der Waals surface area contributed by atoms with Gasteiger partial charge in [0.15, 0.2) is 5.17 Å². The van der Waals surface area contributed by atoms with Crippen molar-refractivity contribution in [1.29, 1.82) is 0 Å². The Hall–Kier alpha value is -2.57. The highest BCUT2D eigenvalue weighted by atomic mass is 32.2. The minimum absolute atomic E-state index is 0.0343. The van der Waals surface area contributed by atoms with E-state index in [4.69, 9.17) is 0 Å². The Kier molecular flexibility index (Phi) is 4.75. The van der Waals surface area contributed by atoms with Gasteiger partial charge in [0.2, 0.25) is 10.0 Å². The smallest absolute Gasteiger partial charge is 0.257 e. The van der Waals surface area contributed by atoms with Gasteiger partial charge in [-0.25, -0.2) is 16.8 Å². The number of hydrogen-bond acceptors (Lipinski definition) is 7. The van der Waals surface area contributed by atoms with E-state index in [2.05, 4.69) is 9.71 Å². The molecule has 1 fully saturated rings. The van der Waals surface area contributed by atoms with Crippen molar-refractivity contribution < 1.29 is 21.6 Å². The number of rotatable bonds is 3. The molecule has 0 bridgehead atoms. The fourth-order valence-electron chi connectivity index (χ4n) is 3.72. The van der Waals surface area contributed by atoms with E-state index in [0.29, 0.717) is 41.6 Å². The van der Waals surface area contributed by atoms with Crippen LogP contribution in [0.25, 0.3) is 0 Å². The van der Waals surface area contributed by atoms with Crippen LogP contribution in [-0.4, -0.2) is 52.5 Å². The Morgan fingerprint density at radius 2 is 1.77 bits per heavy atom. The average molecular weight is 479 g/mol. The van der Waals surface area contributed by atoms with Gasteiger partial charge in [0.1, 0.15) is 0 Å². The summed E-state index contributed by atoms with van der Waals surface area (Å²) >= 11 is 1.23. The lowest BCUT2D eigenvalue weighted by Gasteiger charge is -2.22. The number of nitrogens with zero attached hydrogens (tertiary/aromatic N) is 3. The molecule has 9 nitrogen and oxygen atoms in total. The Labute approximate surface area is 184 Å². The molecule has 0 spiro atoms. The quantitative estimate of drug-likeness (QED) is 0.718. The van der Waals surface area contributed by atoms with Gasteiger partial charge in [0, 0.05) is 29.2 Å². The highest BCUT2D eigenvalue weighted by Gasteiger charge is 2.33. The molecule has 5 rings (SSSR count). The summed E-state index contributed by atoms with van der Waals surface area (Å²) in [5, 5.41) is 3.22. The van der Waals surface area contributed by atoms with Crippen molar-refractivity contribution in [1.82, 2.24) is 0 Å². The summed E-state index contributed by atoms with van der Waals surface area (Å²) in [4.78, 5) is 15.3. The Bertz CT molecular complexity index is 1320. The summed E-state index contributed by atoms with van der Waals surface area (Å²) in [6.45, 7) is 0.802. The summed E-state index contributed by atoms with van der Waals surface area (Å²) in [6, 6.07) is 11.9. The Morgan fingerprint density at radius 3 is 2.48 bits per heavy atom. The third kappa shape index (κ3) is 3.79. The zero-order chi connectivity index (χ0) is 21.8. The van der Waals surface area contributed by atoms with Gasteiger partial charge in [0.25, 0.3) is 15.9 Å². The van der Waals surface area contributed by atoms with Crippen LogP contribution in [0.4, 0.5) is 17.1 Å². The van der Waals surface area contributed by atoms with Gasteiger partial charge >= 0.3 is 0 Å². The van der Waals surface area contributed by atoms with E-state index in [0.717, 1.165) is 10.6 Å². The van der Waals surface area contributed by atoms with E-state index in [-0.39, 0.29) is 17.4 Å². The lowest BCUT2D eigenvalue weighted by molar-refractivity contribution is 0.102. The molecule has 31 heavy (non-hydrogen) atoms. The molecule has 12 heteroatoms. The van der Waals surface area contributed by atoms with Crippen LogP contribution < -0.4 is 14.5 Å². The van der Waals surface area contributed by atoms with E-state index in [1.807, 2.05) is 4.90 Å². The standard InChI is InChI=1S/C19H18N4O5S3/c24-18(20-14-3-5-15(6-4-14)23-8-1-10-31(23,27)28)13-2-7-16-17(12-13)29-19-21-30(25,26)11-9-22(16)19/h2-7,12H,1,8-11H2,(H,20,24). The molecule has 3 heterocycles. The number of fused-ring (bicyclic) bond motifs is 3. The van der Waals surface area contributed by atoms with Gasteiger partial charge in [-0.05, 0) is 60.6 Å². The van der Waals surface area contributed by atoms with Crippen molar-refractivity contribution in [3.05, 3.63) is 48.0 Å². The predicted molar refractivity (Wildman–Crippen MR) is 121 cm³/mol. The number of carbonyl (C=O) groups excluding carboxylic acids is 1. The van der Waals surface area contributed by atoms with Crippen LogP contribution in [0.5, 0.6) is 0 Å². The van der Waals surface area contributed by atoms with E-state index in [1.165, 1.54) is 16.1 Å². The lowest BCUT2D eigenvalue weighted by atomic mass is 10.1. The molecule has 0 aliphatic carbocycles.